The average molecular weight is 420 g/mol. The van der Waals surface area contributed by atoms with Gasteiger partial charge in [-0.05, 0) is 36.6 Å². The molecule has 1 saturated heterocycles. The van der Waals surface area contributed by atoms with E-state index in [1.165, 1.54) is 6.07 Å². The number of nitrogens with zero attached hydrogens (tertiary/aromatic N) is 5. The number of nitrogens with one attached hydrogen (secondary N) is 1. The first-order valence-electron chi connectivity index (χ1n) is 10.1. The maximum atomic E-state index is 13.8. The predicted molar refractivity (Wildman–Crippen MR) is 113 cm³/mol. The molecule has 0 radical (unpaired) electrons. The summed E-state index contributed by atoms with van der Waals surface area (Å²) in [5.41, 5.74) is 2.92. The number of ether oxygens (including phenoxy) is 1. The molecule has 2 N–H and O–H groups in total. The van der Waals surface area contributed by atoms with Gasteiger partial charge in [0.25, 0.3) is 0 Å². The third-order valence-corrected chi connectivity index (χ3v) is 5.33. The van der Waals surface area contributed by atoms with Crippen LogP contribution in [-0.2, 0) is 11.2 Å². The molecule has 9 heteroatoms. The van der Waals surface area contributed by atoms with Crippen LogP contribution in [0.15, 0.2) is 49.1 Å². The lowest BCUT2D eigenvalue weighted by Crippen LogP contribution is -2.11. The molecule has 0 bridgehead atoms. The van der Waals surface area contributed by atoms with Crippen molar-refractivity contribution in [2.24, 2.45) is 0 Å². The Bertz CT molecular complexity index is 1200. The number of hydrogen-bond acceptors (Lipinski definition) is 7. The van der Waals surface area contributed by atoms with Gasteiger partial charge in [-0.25, -0.2) is 19.3 Å². The number of halogens is 1. The largest absolute Gasteiger partial charge is 0.508 e. The van der Waals surface area contributed by atoms with Crippen molar-refractivity contribution in [3.63, 3.8) is 0 Å². The first-order valence-corrected chi connectivity index (χ1v) is 10.1. The van der Waals surface area contributed by atoms with Crippen LogP contribution in [0.1, 0.15) is 18.0 Å². The Hall–Kier alpha value is -3.59. The molecule has 5 rings (SSSR count). The number of benzene rings is 1. The second-order valence-corrected chi connectivity index (χ2v) is 7.47. The molecule has 0 unspecified atom stereocenters. The SMILES string of the molecule is Oc1ccc(CCNc2nc(-c3cncc(F)c3)nc3c2ncn3[C@@H]2CCOC2)cc1. The van der Waals surface area contributed by atoms with Gasteiger partial charge in [0.2, 0.25) is 0 Å². The van der Waals surface area contributed by atoms with Gasteiger partial charge in [-0.2, -0.15) is 0 Å². The van der Waals surface area contributed by atoms with Crippen LogP contribution in [0.3, 0.4) is 0 Å². The second kappa shape index (κ2) is 8.27. The zero-order valence-corrected chi connectivity index (χ0v) is 16.7. The molecule has 4 heterocycles. The van der Waals surface area contributed by atoms with E-state index in [9.17, 15) is 9.50 Å². The quantitative estimate of drug-likeness (QED) is 0.494. The van der Waals surface area contributed by atoms with Crippen molar-refractivity contribution in [3.05, 3.63) is 60.4 Å². The molecular weight excluding hydrogens is 399 g/mol. The average Bonchev–Trinajstić information content (AvgIpc) is 3.44. The second-order valence-electron chi connectivity index (χ2n) is 7.47. The normalized spacial score (nSPS) is 16.1. The Morgan fingerprint density at radius 2 is 2.06 bits per heavy atom. The summed E-state index contributed by atoms with van der Waals surface area (Å²) in [5, 5.41) is 12.8. The number of hydrogen-bond donors (Lipinski definition) is 2. The van der Waals surface area contributed by atoms with E-state index >= 15 is 0 Å². The number of imidazole rings is 1. The van der Waals surface area contributed by atoms with Gasteiger partial charge in [0.1, 0.15) is 17.1 Å². The van der Waals surface area contributed by atoms with E-state index in [0.29, 0.717) is 48.1 Å². The van der Waals surface area contributed by atoms with Gasteiger partial charge in [-0.15, -0.1) is 0 Å². The molecule has 31 heavy (non-hydrogen) atoms. The number of phenolic OH excluding ortho intramolecular Hbond substituents is 1. The van der Waals surface area contributed by atoms with E-state index in [4.69, 9.17) is 4.74 Å². The summed E-state index contributed by atoms with van der Waals surface area (Å²) >= 11 is 0. The first kappa shape index (κ1) is 19.4. The van der Waals surface area contributed by atoms with Crippen LogP contribution in [0.4, 0.5) is 10.2 Å². The molecular formula is C22H21FN6O2. The monoisotopic (exact) mass is 420 g/mol. The summed E-state index contributed by atoms with van der Waals surface area (Å²) in [7, 11) is 0. The van der Waals surface area contributed by atoms with Gasteiger partial charge in [0, 0.05) is 24.9 Å². The van der Waals surface area contributed by atoms with Crippen molar-refractivity contribution in [1.29, 1.82) is 0 Å². The zero-order valence-electron chi connectivity index (χ0n) is 16.7. The molecule has 1 atom stereocenters. The number of rotatable bonds is 6. The number of pyridine rings is 1. The molecule has 0 spiro atoms. The minimum atomic E-state index is -0.444. The molecule has 0 amide bonds. The molecule has 8 nitrogen and oxygen atoms in total. The topological polar surface area (TPSA) is 98.0 Å². The highest BCUT2D eigenvalue weighted by molar-refractivity contribution is 5.85. The van der Waals surface area contributed by atoms with Crippen molar-refractivity contribution in [1.82, 2.24) is 24.5 Å². The molecule has 0 saturated carbocycles. The summed E-state index contributed by atoms with van der Waals surface area (Å²) < 4.78 is 21.3. The summed E-state index contributed by atoms with van der Waals surface area (Å²) in [6, 6.07) is 8.62. The van der Waals surface area contributed by atoms with E-state index in [-0.39, 0.29) is 11.8 Å². The Balaban J connectivity index is 1.49. The van der Waals surface area contributed by atoms with E-state index in [1.807, 2.05) is 16.7 Å². The number of anilines is 1. The van der Waals surface area contributed by atoms with Crippen LogP contribution < -0.4 is 5.32 Å². The van der Waals surface area contributed by atoms with E-state index in [2.05, 4.69) is 25.3 Å². The molecule has 3 aromatic heterocycles. The molecule has 1 aliphatic rings. The van der Waals surface area contributed by atoms with E-state index < -0.39 is 5.82 Å². The van der Waals surface area contributed by atoms with Crippen LogP contribution >= 0.6 is 0 Å². The van der Waals surface area contributed by atoms with Crippen LogP contribution in [0.2, 0.25) is 0 Å². The zero-order chi connectivity index (χ0) is 21.2. The van der Waals surface area contributed by atoms with E-state index in [1.54, 1.807) is 24.7 Å². The molecule has 1 aromatic carbocycles. The molecule has 4 aromatic rings. The maximum absolute atomic E-state index is 13.8. The number of fused-ring (bicyclic) bond motifs is 1. The standard InChI is InChI=1S/C22H21FN6O2/c23-16-9-15(10-24-11-16)20-27-21(25-7-5-14-1-3-18(30)4-2-14)19-22(28-20)29(13-26-19)17-6-8-31-12-17/h1-4,9-11,13,17,30H,5-8,12H2,(H,25,27,28)/t17-/m1/s1. The number of aromatic nitrogens is 5. The molecule has 1 fully saturated rings. The Kier molecular flexibility index (Phi) is 5.17. The van der Waals surface area contributed by atoms with Gasteiger partial charge < -0.3 is 19.7 Å². The van der Waals surface area contributed by atoms with Crippen molar-refractivity contribution < 1.29 is 14.2 Å². The minimum absolute atomic E-state index is 0.156. The Morgan fingerprint density at radius 1 is 1.19 bits per heavy atom. The van der Waals surface area contributed by atoms with Crippen LogP contribution in [0.5, 0.6) is 5.75 Å². The number of phenols is 1. The van der Waals surface area contributed by atoms with Crippen molar-refractivity contribution in [2.75, 3.05) is 25.1 Å². The fourth-order valence-electron chi connectivity index (χ4n) is 3.70. The van der Waals surface area contributed by atoms with Gasteiger partial charge in [-0.3, -0.25) is 4.98 Å². The lowest BCUT2D eigenvalue weighted by Gasteiger charge is -2.12. The van der Waals surface area contributed by atoms with Crippen molar-refractivity contribution in [2.45, 2.75) is 18.9 Å². The van der Waals surface area contributed by atoms with Crippen molar-refractivity contribution in [3.8, 4) is 17.1 Å². The Morgan fingerprint density at radius 3 is 2.84 bits per heavy atom. The summed E-state index contributed by atoms with van der Waals surface area (Å²) in [4.78, 5) is 17.8. The summed E-state index contributed by atoms with van der Waals surface area (Å²) in [6.07, 6.45) is 6.08. The van der Waals surface area contributed by atoms with Crippen LogP contribution in [-0.4, -0.2) is 49.4 Å². The van der Waals surface area contributed by atoms with Crippen LogP contribution in [0, 0.1) is 5.82 Å². The lowest BCUT2D eigenvalue weighted by atomic mass is 10.1. The Labute approximate surface area is 177 Å². The number of aromatic hydroxyl groups is 1. The maximum Gasteiger partial charge on any atom is 0.166 e. The predicted octanol–water partition coefficient (Wildman–Crippen LogP) is 3.35. The van der Waals surface area contributed by atoms with Gasteiger partial charge in [0.15, 0.2) is 17.3 Å². The highest BCUT2D eigenvalue weighted by atomic mass is 19.1. The smallest absolute Gasteiger partial charge is 0.166 e. The third kappa shape index (κ3) is 4.04. The highest BCUT2D eigenvalue weighted by Gasteiger charge is 2.22. The minimum Gasteiger partial charge on any atom is -0.508 e. The fourth-order valence-corrected chi connectivity index (χ4v) is 3.70. The van der Waals surface area contributed by atoms with Gasteiger partial charge in [0.05, 0.1) is 25.2 Å². The van der Waals surface area contributed by atoms with Gasteiger partial charge in [-0.1, -0.05) is 12.1 Å². The molecule has 158 valence electrons. The van der Waals surface area contributed by atoms with E-state index in [0.717, 1.165) is 24.6 Å². The molecule has 1 aliphatic heterocycles. The first-order chi connectivity index (χ1) is 15.2. The van der Waals surface area contributed by atoms with Crippen molar-refractivity contribution >= 4 is 17.0 Å². The van der Waals surface area contributed by atoms with Crippen LogP contribution in [0.25, 0.3) is 22.6 Å². The fraction of sp³-hybridized carbons (Fsp3) is 0.273. The summed E-state index contributed by atoms with van der Waals surface area (Å²) in [5.74, 6) is 0.762. The third-order valence-electron chi connectivity index (χ3n) is 5.33. The summed E-state index contributed by atoms with van der Waals surface area (Å²) in [6.45, 7) is 1.92. The highest BCUT2D eigenvalue weighted by Crippen LogP contribution is 2.28. The lowest BCUT2D eigenvalue weighted by molar-refractivity contribution is 0.187. The van der Waals surface area contributed by atoms with Gasteiger partial charge >= 0.3 is 0 Å². The molecule has 0 aliphatic carbocycles.